The number of aromatic nitrogens is 1. The van der Waals surface area contributed by atoms with Crippen LogP contribution in [0.2, 0.25) is 0 Å². The highest BCUT2D eigenvalue weighted by Gasteiger charge is 2.29. The van der Waals surface area contributed by atoms with Gasteiger partial charge in [0.15, 0.2) is 0 Å². The molecule has 2 aromatic carbocycles. The molecule has 3 heterocycles. The number of hydrogen-bond donors (Lipinski definition) is 1. The highest BCUT2D eigenvalue weighted by molar-refractivity contribution is 7.09. The van der Waals surface area contributed by atoms with Crippen molar-refractivity contribution in [1.82, 2.24) is 9.88 Å². The van der Waals surface area contributed by atoms with Crippen molar-refractivity contribution in [3.63, 3.8) is 0 Å². The predicted octanol–water partition coefficient (Wildman–Crippen LogP) is 7.15. The molecule has 1 saturated heterocycles. The highest BCUT2D eigenvalue weighted by Crippen LogP contribution is 2.36. The third-order valence-electron chi connectivity index (χ3n) is 8.26. The monoisotopic (exact) mass is 519 g/mol. The van der Waals surface area contributed by atoms with Crippen molar-refractivity contribution in [3.05, 3.63) is 78.8 Å². The smallest absolute Gasteiger partial charge is 0.321 e. The molecule has 37 heavy (non-hydrogen) atoms. The Balaban J connectivity index is 1.20. The van der Waals surface area contributed by atoms with Gasteiger partial charge in [0, 0.05) is 30.1 Å². The van der Waals surface area contributed by atoms with Crippen LogP contribution in [-0.4, -0.2) is 29.0 Å². The highest BCUT2D eigenvalue weighted by atomic mass is 32.1. The summed E-state index contributed by atoms with van der Waals surface area (Å²) in [5, 5.41) is 6.28. The zero-order chi connectivity index (χ0) is 26.3. The Bertz CT molecular complexity index is 1290. The Labute approximate surface area is 224 Å². The first kappa shape index (κ1) is 25.9. The second kappa shape index (κ2) is 10.6. The number of thiazole rings is 1. The number of amides is 2. The fourth-order valence-electron chi connectivity index (χ4n) is 5.39. The lowest BCUT2D eigenvalue weighted by atomic mass is 9.89. The van der Waals surface area contributed by atoms with Gasteiger partial charge in [-0.25, -0.2) is 9.78 Å². The average Bonchev–Trinajstić information content (AvgIpc) is 3.28. The van der Waals surface area contributed by atoms with Crippen molar-refractivity contribution in [2.45, 2.75) is 79.8 Å². The van der Waals surface area contributed by atoms with Crippen molar-refractivity contribution in [2.24, 2.45) is 0 Å². The summed E-state index contributed by atoms with van der Waals surface area (Å²) in [6, 6.07) is 6.11. The molecule has 7 heteroatoms. The van der Waals surface area contributed by atoms with Gasteiger partial charge in [-0.2, -0.15) is 0 Å². The van der Waals surface area contributed by atoms with Gasteiger partial charge in [-0.05, 0) is 105 Å². The van der Waals surface area contributed by atoms with Crippen molar-refractivity contribution in [1.29, 1.82) is 0 Å². The van der Waals surface area contributed by atoms with Crippen molar-refractivity contribution in [2.75, 3.05) is 18.4 Å². The number of nitrogens with one attached hydrogen (secondary N) is 1. The van der Waals surface area contributed by atoms with Crippen LogP contribution in [0.4, 0.5) is 10.5 Å². The van der Waals surface area contributed by atoms with E-state index in [1.165, 1.54) is 33.4 Å². The molecule has 0 aliphatic carbocycles. The number of carbonyl (C=O) groups is 1. The molecule has 3 aromatic rings. The van der Waals surface area contributed by atoms with E-state index in [0.29, 0.717) is 19.1 Å². The van der Waals surface area contributed by atoms with Crippen LogP contribution >= 0.6 is 11.3 Å². The molecule has 5 rings (SSSR count). The number of ether oxygens (including phenoxy) is 2. The minimum atomic E-state index is -0.458. The Morgan fingerprint density at radius 3 is 2.19 bits per heavy atom. The molecule has 0 unspecified atom stereocenters. The molecule has 0 saturated carbocycles. The zero-order valence-corrected chi connectivity index (χ0v) is 23.6. The summed E-state index contributed by atoms with van der Waals surface area (Å²) in [7, 11) is 0. The van der Waals surface area contributed by atoms with E-state index in [4.69, 9.17) is 14.5 Å². The molecule has 6 nitrogen and oxygen atoms in total. The molecule has 1 N–H and O–H groups in total. The molecule has 0 atom stereocenters. The number of nitrogens with zero attached hydrogens (tertiary/aromatic N) is 2. The van der Waals surface area contributed by atoms with Crippen LogP contribution in [0, 0.1) is 41.5 Å². The molecule has 1 aromatic heterocycles. The number of fused-ring (bicyclic) bond motifs is 1. The van der Waals surface area contributed by atoms with Gasteiger partial charge in [0.05, 0.1) is 18.2 Å². The number of likely N-dealkylation sites (tertiary alicyclic amines) is 1. The maximum atomic E-state index is 12.9. The van der Waals surface area contributed by atoms with Gasteiger partial charge in [-0.3, -0.25) is 0 Å². The number of hydrogen-bond acceptors (Lipinski definition) is 5. The largest absolute Gasteiger partial charge is 0.342 e. The number of urea groups is 1. The molecule has 2 aliphatic rings. The van der Waals surface area contributed by atoms with E-state index in [2.05, 4.69) is 44.5 Å². The van der Waals surface area contributed by atoms with Crippen molar-refractivity contribution in [3.8, 4) is 0 Å². The SMILES string of the molecule is Cc1ccc(C)c(NC(=O)N2CCC(c3nc(C4OCc5c(C)c(C)c(C)c(C)c5CO4)cs3)CC2)c1. The van der Waals surface area contributed by atoms with Gasteiger partial charge < -0.3 is 19.7 Å². The number of benzene rings is 2. The fourth-order valence-corrected chi connectivity index (χ4v) is 6.38. The molecule has 0 spiro atoms. The van der Waals surface area contributed by atoms with Crippen LogP contribution in [0.1, 0.15) is 80.3 Å². The van der Waals surface area contributed by atoms with Gasteiger partial charge in [0.1, 0.15) is 5.69 Å². The summed E-state index contributed by atoms with van der Waals surface area (Å²) in [5.41, 5.74) is 11.7. The maximum absolute atomic E-state index is 12.9. The molecule has 2 amide bonds. The third-order valence-corrected chi connectivity index (χ3v) is 9.29. The lowest BCUT2D eigenvalue weighted by Gasteiger charge is -2.31. The van der Waals surface area contributed by atoms with Crippen LogP contribution in [0.15, 0.2) is 23.6 Å². The molecular weight excluding hydrogens is 482 g/mol. The lowest BCUT2D eigenvalue weighted by molar-refractivity contribution is -0.155. The van der Waals surface area contributed by atoms with Crippen LogP contribution in [0.5, 0.6) is 0 Å². The van der Waals surface area contributed by atoms with Gasteiger partial charge in [-0.15, -0.1) is 11.3 Å². The quantitative estimate of drug-likeness (QED) is 0.399. The van der Waals surface area contributed by atoms with Crippen molar-refractivity contribution < 1.29 is 14.3 Å². The standard InChI is InChI=1S/C30H37N3O3S/c1-17-7-8-18(2)26(13-17)32-30(34)33-11-9-23(10-12-33)28-31-27(16-37-28)29-35-14-24-21(5)19(3)20(4)22(6)25(24)15-36-29/h7-8,13,16,23,29H,9-12,14-15H2,1-6H3,(H,32,34). The summed E-state index contributed by atoms with van der Waals surface area (Å²) in [6.07, 6.45) is 1.35. The Hall–Kier alpha value is -2.74. The summed E-state index contributed by atoms with van der Waals surface area (Å²) in [6.45, 7) is 15.3. The second-order valence-corrected chi connectivity index (χ2v) is 11.4. The van der Waals surface area contributed by atoms with E-state index < -0.39 is 6.29 Å². The van der Waals surface area contributed by atoms with E-state index in [9.17, 15) is 4.79 Å². The molecule has 2 aliphatic heterocycles. The topological polar surface area (TPSA) is 63.7 Å². The van der Waals surface area contributed by atoms with Crippen molar-refractivity contribution >= 4 is 23.1 Å². The first-order chi connectivity index (χ1) is 17.7. The van der Waals surface area contributed by atoms with Crippen LogP contribution in [-0.2, 0) is 22.7 Å². The molecule has 0 bridgehead atoms. The minimum Gasteiger partial charge on any atom is -0.342 e. The van der Waals surface area contributed by atoms with Gasteiger partial charge in [0.25, 0.3) is 0 Å². The summed E-state index contributed by atoms with van der Waals surface area (Å²) < 4.78 is 12.5. The second-order valence-electron chi connectivity index (χ2n) is 10.5. The van der Waals surface area contributed by atoms with Crippen LogP contribution in [0.25, 0.3) is 0 Å². The Morgan fingerprint density at radius 2 is 1.57 bits per heavy atom. The van der Waals surface area contributed by atoms with E-state index >= 15 is 0 Å². The number of anilines is 1. The fraction of sp³-hybridized carbons (Fsp3) is 0.467. The number of carbonyl (C=O) groups excluding carboxylic acids is 1. The van der Waals surface area contributed by atoms with Crippen LogP contribution < -0.4 is 5.32 Å². The van der Waals surface area contributed by atoms with Crippen LogP contribution in [0.3, 0.4) is 0 Å². The van der Waals surface area contributed by atoms with E-state index in [1.54, 1.807) is 11.3 Å². The van der Waals surface area contributed by atoms with E-state index in [-0.39, 0.29) is 6.03 Å². The Kier molecular flexibility index (Phi) is 7.39. The third kappa shape index (κ3) is 5.17. The number of piperidine rings is 1. The van der Waals surface area contributed by atoms with Gasteiger partial charge >= 0.3 is 6.03 Å². The predicted molar refractivity (Wildman–Crippen MR) is 148 cm³/mol. The molecule has 196 valence electrons. The minimum absolute atomic E-state index is 0.0251. The number of aryl methyl sites for hydroxylation is 2. The molecular formula is C30H37N3O3S. The Morgan fingerprint density at radius 1 is 0.946 bits per heavy atom. The lowest BCUT2D eigenvalue weighted by Crippen LogP contribution is -2.40. The van der Waals surface area contributed by atoms with Gasteiger partial charge in [-0.1, -0.05) is 12.1 Å². The summed E-state index contributed by atoms with van der Waals surface area (Å²) >= 11 is 1.68. The first-order valence-electron chi connectivity index (χ1n) is 13.1. The maximum Gasteiger partial charge on any atom is 0.321 e. The first-order valence-corrected chi connectivity index (χ1v) is 14.0. The average molecular weight is 520 g/mol. The molecule has 1 fully saturated rings. The van der Waals surface area contributed by atoms with E-state index in [0.717, 1.165) is 53.4 Å². The summed E-state index contributed by atoms with van der Waals surface area (Å²) in [4.78, 5) is 19.7. The normalized spacial score (nSPS) is 17.0. The summed E-state index contributed by atoms with van der Waals surface area (Å²) in [5.74, 6) is 0.348. The molecule has 0 radical (unpaired) electrons. The van der Waals surface area contributed by atoms with Gasteiger partial charge in [0.2, 0.25) is 6.29 Å². The zero-order valence-electron chi connectivity index (χ0n) is 22.7. The van der Waals surface area contributed by atoms with E-state index in [1.807, 2.05) is 30.9 Å². The number of rotatable bonds is 3.